The number of fused-ring (bicyclic) bond motifs is 1. The lowest BCUT2D eigenvalue weighted by Gasteiger charge is -2.43. The van der Waals surface area contributed by atoms with E-state index in [0.29, 0.717) is 18.9 Å². The Kier molecular flexibility index (Phi) is 5.54. The lowest BCUT2D eigenvalue weighted by atomic mass is 9.77. The number of carbonyl (C=O) groups is 2. The van der Waals surface area contributed by atoms with Crippen LogP contribution in [0.2, 0.25) is 0 Å². The van der Waals surface area contributed by atoms with E-state index in [1.54, 1.807) is 0 Å². The van der Waals surface area contributed by atoms with E-state index in [1.165, 1.54) is 50.2 Å². The zero-order valence-corrected chi connectivity index (χ0v) is 14.6. The average molecular weight is 328 g/mol. The summed E-state index contributed by atoms with van der Waals surface area (Å²) in [6.45, 7) is 2.73. The van der Waals surface area contributed by atoms with Crippen molar-refractivity contribution in [2.75, 3.05) is 13.1 Å². The summed E-state index contributed by atoms with van der Waals surface area (Å²) in [5.41, 5.74) is 2.75. The summed E-state index contributed by atoms with van der Waals surface area (Å²) in [5.74, 6) is 0.675. The summed E-state index contributed by atoms with van der Waals surface area (Å²) in [5, 5.41) is 2.74. The van der Waals surface area contributed by atoms with E-state index in [0.717, 1.165) is 13.0 Å². The first-order chi connectivity index (χ1) is 11.7. The molecule has 1 aliphatic heterocycles. The third kappa shape index (κ3) is 3.80. The van der Waals surface area contributed by atoms with Crippen molar-refractivity contribution in [1.29, 1.82) is 0 Å². The van der Waals surface area contributed by atoms with E-state index in [-0.39, 0.29) is 17.9 Å². The van der Waals surface area contributed by atoms with Crippen LogP contribution in [0.5, 0.6) is 0 Å². The van der Waals surface area contributed by atoms with Gasteiger partial charge in [0.25, 0.3) is 0 Å². The van der Waals surface area contributed by atoms with Crippen molar-refractivity contribution in [3.8, 4) is 0 Å². The molecular formula is C20H28N2O2. The average Bonchev–Trinajstić information content (AvgIpc) is 2.61. The molecule has 1 unspecified atom stereocenters. The van der Waals surface area contributed by atoms with Crippen molar-refractivity contribution in [2.45, 2.75) is 57.9 Å². The normalized spacial score (nSPS) is 21.2. The van der Waals surface area contributed by atoms with Crippen molar-refractivity contribution in [3.63, 3.8) is 0 Å². The molecule has 2 aliphatic rings. The van der Waals surface area contributed by atoms with Crippen LogP contribution in [0.15, 0.2) is 24.3 Å². The number of hydrogen-bond acceptors (Lipinski definition) is 2. The Bertz CT molecular complexity index is 593. The third-order valence-corrected chi connectivity index (χ3v) is 5.46. The van der Waals surface area contributed by atoms with E-state index in [2.05, 4.69) is 34.5 Å². The predicted molar refractivity (Wildman–Crippen MR) is 94.5 cm³/mol. The minimum Gasteiger partial charge on any atom is -0.356 e. The second kappa shape index (κ2) is 7.82. The molecule has 1 N–H and O–H groups in total. The zero-order valence-electron chi connectivity index (χ0n) is 14.6. The molecule has 2 amide bonds. The summed E-state index contributed by atoms with van der Waals surface area (Å²) in [4.78, 5) is 26.0. The van der Waals surface area contributed by atoms with Crippen LogP contribution in [0.1, 0.15) is 62.6 Å². The van der Waals surface area contributed by atoms with Gasteiger partial charge in [-0.25, -0.2) is 0 Å². The highest BCUT2D eigenvalue weighted by Gasteiger charge is 2.36. The van der Waals surface area contributed by atoms with Crippen LogP contribution in [0.25, 0.3) is 0 Å². The summed E-state index contributed by atoms with van der Waals surface area (Å²) in [7, 11) is 0. The fourth-order valence-electron chi connectivity index (χ4n) is 4.33. The van der Waals surface area contributed by atoms with Gasteiger partial charge in [0.15, 0.2) is 0 Å². The Hall–Kier alpha value is -1.84. The summed E-state index contributed by atoms with van der Waals surface area (Å²) in [6.07, 6.45) is 7.63. The molecule has 1 heterocycles. The van der Waals surface area contributed by atoms with Crippen LogP contribution in [0.3, 0.4) is 0 Å². The van der Waals surface area contributed by atoms with Gasteiger partial charge in [0.05, 0.1) is 6.04 Å². The number of nitrogens with zero attached hydrogens (tertiary/aromatic N) is 1. The molecule has 130 valence electrons. The second-order valence-electron chi connectivity index (χ2n) is 7.11. The molecule has 1 aromatic rings. The molecule has 1 aliphatic carbocycles. The van der Waals surface area contributed by atoms with Crippen LogP contribution < -0.4 is 5.32 Å². The lowest BCUT2D eigenvalue weighted by Crippen LogP contribution is -2.44. The van der Waals surface area contributed by atoms with Crippen molar-refractivity contribution >= 4 is 11.8 Å². The van der Waals surface area contributed by atoms with Gasteiger partial charge >= 0.3 is 0 Å². The van der Waals surface area contributed by atoms with Crippen LogP contribution in [-0.4, -0.2) is 29.8 Å². The largest absolute Gasteiger partial charge is 0.356 e. The maximum Gasteiger partial charge on any atom is 0.224 e. The molecule has 4 nitrogen and oxygen atoms in total. The van der Waals surface area contributed by atoms with Gasteiger partial charge < -0.3 is 10.2 Å². The summed E-state index contributed by atoms with van der Waals surface area (Å²) < 4.78 is 0. The number of nitrogens with one attached hydrogen (secondary N) is 1. The first-order valence-electron chi connectivity index (χ1n) is 9.28. The minimum absolute atomic E-state index is 0.0735. The lowest BCUT2D eigenvalue weighted by molar-refractivity contribution is -0.135. The highest BCUT2D eigenvalue weighted by atomic mass is 16.2. The van der Waals surface area contributed by atoms with Crippen molar-refractivity contribution in [1.82, 2.24) is 10.2 Å². The molecule has 0 saturated heterocycles. The molecule has 1 saturated carbocycles. The van der Waals surface area contributed by atoms with Crippen LogP contribution >= 0.6 is 0 Å². The van der Waals surface area contributed by atoms with E-state index < -0.39 is 0 Å². The molecule has 1 aromatic carbocycles. The molecule has 1 fully saturated rings. The summed E-state index contributed by atoms with van der Waals surface area (Å²) >= 11 is 0. The van der Waals surface area contributed by atoms with Crippen molar-refractivity contribution in [3.05, 3.63) is 35.4 Å². The molecule has 4 heteroatoms. The zero-order chi connectivity index (χ0) is 16.9. The van der Waals surface area contributed by atoms with Gasteiger partial charge in [-0.3, -0.25) is 9.59 Å². The predicted octanol–water partition coefficient (Wildman–Crippen LogP) is 3.22. The quantitative estimate of drug-likeness (QED) is 0.922. The number of rotatable bonds is 4. The molecular weight excluding hydrogens is 300 g/mol. The first kappa shape index (κ1) is 17.0. The van der Waals surface area contributed by atoms with Crippen molar-refractivity contribution < 1.29 is 9.59 Å². The number of carbonyl (C=O) groups excluding carboxylic acids is 2. The minimum atomic E-state index is -0.0735. The number of amides is 2. The van der Waals surface area contributed by atoms with E-state index in [9.17, 15) is 9.59 Å². The van der Waals surface area contributed by atoms with Gasteiger partial charge in [0.2, 0.25) is 11.8 Å². The smallest absolute Gasteiger partial charge is 0.224 e. The molecule has 0 aromatic heterocycles. The van der Waals surface area contributed by atoms with Gasteiger partial charge in [-0.05, 0) is 36.3 Å². The van der Waals surface area contributed by atoms with Gasteiger partial charge in [0, 0.05) is 26.4 Å². The fraction of sp³-hybridized carbons (Fsp3) is 0.600. The Morgan fingerprint density at radius 1 is 1.17 bits per heavy atom. The SMILES string of the molecule is CC(=O)NCCC(=O)N1CCc2ccccc2C1C1CCCCC1. The third-order valence-electron chi connectivity index (χ3n) is 5.46. The Labute approximate surface area is 144 Å². The van der Waals surface area contributed by atoms with E-state index >= 15 is 0 Å². The maximum absolute atomic E-state index is 12.8. The molecule has 0 spiro atoms. The first-order valence-corrected chi connectivity index (χ1v) is 9.28. The fourth-order valence-corrected chi connectivity index (χ4v) is 4.33. The highest BCUT2D eigenvalue weighted by Crippen LogP contribution is 2.42. The Morgan fingerprint density at radius 3 is 2.67 bits per heavy atom. The topological polar surface area (TPSA) is 49.4 Å². The van der Waals surface area contributed by atoms with Crippen LogP contribution in [0.4, 0.5) is 0 Å². The molecule has 24 heavy (non-hydrogen) atoms. The van der Waals surface area contributed by atoms with Crippen molar-refractivity contribution in [2.24, 2.45) is 5.92 Å². The van der Waals surface area contributed by atoms with E-state index in [1.807, 2.05) is 0 Å². The molecule has 1 atom stereocenters. The summed E-state index contributed by atoms with van der Waals surface area (Å²) in [6, 6.07) is 8.84. The van der Waals surface area contributed by atoms with Gasteiger partial charge in [-0.1, -0.05) is 43.5 Å². The van der Waals surface area contributed by atoms with Gasteiger partial charge in [-0.2, -0.15) is 0 Å². The number of benzene rings is 1. The van der Waals surface area contributed by atoms with E-state index in [4.69, 9.17) is 0 Å². The Balaban J connectivity index is 1.79. The number of hydrogen-bond donors (Lipinski definition) is 1. The monoisotopic (exact) mass is 328 g/mol. The molecule has 0 bridgehead atoms. The second-order valence-corrected chi connectivity index (χ2v) is 7.11. The highest BCUT2D eigenvalue weighted by molar-refractivity contribution is 5.79. The molecule has 3 rings (SSSR count). The standard InChI is InChI=1S/C20H28N2O2/c1-15(23)21-13-11-19(24)22-14-12-16-7-5-6-10-18(16)20(22)17-8-3-2-4-9-17/h5-7,10,17,20H,2-4,8-9,11-14H2,1H3,(H,21,23). The van der Waals surface area contributed by atoms with Crippen LogP contribution in [-0.2, 0) is 16.0 Å². The van der Waals surface area contributed by atoms with Gasteiger partial charge in [0.1, 0.15) is 0 Å². The maximum atomic E-state index is 12.8. The van der Waals surface area contributed by atoms with Gasteiger partial charge in [-0.15, -0.1) is 0 Å². The van der Waals surface area contributed by atoms with Crippen LogP contribution in [0, 0.1) is 5.92 Å². The molecule has 0 radical (unpaired) electrons. The Morgan fingerprint density at radius 2 is 1.92 bits per heavy atom.